The average molecular weight is 552 g/mol. The van der Waals surface area contributed by atoms with E-state index < -0.39 is 11.9 Å². The minimum absolute atomic E-state index is 0.0277. The molecule has 8 heteroatoms. The van der Waals surface area contributed by atoms with E-state index in [-0.39, 0.29) is 22.5 Å². The molecule has 0 aromatic heterocycles. The Morgan fingerprint density at radius 3 is 1.97 bits per heavy atom. The van der Waals surface area contributed by atoms with Crippen molar-refractivity contribution in [2.75, 3.05) is 26.0 Å². The number of ether oxygens (including phenoxy) is 1. The number of benzene rings is 3. The van der Waals surface area contributed by atoms with Gasteiger partial charge in [-0.25, -0.2) is 9.59 Å². The second-order valence-electron chi connectivity index (χ2n) is 9.15. The highest BCUT2D eigenvalue weighted by Gasteiger charge is 2.20. The van der Waals surface area contributed by atoms with Crippen molar-refractivity contribution in [3.8, 4) is 0 Å². The first kappa shape index (κ1) is 31.8. The third kappa shape index (κ3) is 10.7. The molecule has 1 aliphatic rings. The van der Waals surface area contributed by atoms with Crippen LogP contribution in [-0.4, -0.2) is 60.0 Å². The average Bonchev–Trinajstić information content (AvgIpc) is 2.95. The molecule has 0 bridgehead atoms. The quantitative estimate of drug-likeness (QED) is 0.247. The van der Waals surface area contributed by atoms with E-state index in [1.807, 2.05) is 30.3 Å². The lowest BCUT2D eigenvalue weighted by atomic mass is 9.95. The van der Waals surface area contributed by atoms with Gasteiger partial charge in [-0.2, -0.15) is 0 Å². The summed E-state index contributed by atoms with van der Waals surface area (Å²) in [5.74, 6) is -1.53. The predicted octanol–water partition coefficient (Wildman–Crippen LogP) is 5.86. The van der Waals surface area contributed by atoms with E-state index in [1.165, 1.54) is 35.6 Å². The van der Waals surface area contributed by atoms with Gasteiger partial charge >= 0.3 is 11.9 Å². The zero-order chi connectivity index (χ0) is 28.8. The van der Waals surface area contributed by atoms with E-state index >= 15 is 0 Å². The van der Waals surface area contributed by atoms with Gasteiger partial charge in [0, 0.05) is 23.5 Å². The molecule has 3 aromatic carbocycles. The molecule has 0 radical (unpaired) electrons. The Balaban J connectivity index is 0.000000216. The van der Waals surface area contributed by atoms with Gasteiger partial charge in [0.2, 0.25) is 0 Å². The molecule has 1 saturated heterocycles. The van der Waals surface area contributed by atoms with Crippen LogP contribution < -0.4 is 5.32 Å². The lowest BCUT2D eigenvalue weighted by molar-refractivity contribution is -0.00411. The summed E-state index contributed by atoms with van der Waals surface area (Å²) in [4.78, 5) is 33.2. The molecule has 7 nitrogen and oxygen atoms in total. The lowest BCUT2D eigenvalue weighted by Crippen LogP contribution is -2.42. The summed E-state index contributed by atoms with van der Waals surface area (Å²) in [7, 11) is 0. The van der Waals surface area contributed by atoms with Crippen LogP contribution in [0.1, 0.15) is 56.0 Å². The molecule has 1 fully saturated rings. The zero-order valence-electron chi connectivity index (χ0n) is 22.8. The molecule has 0 saturated carbocycles. The topological polar surface area (TPSA) is 113 Å². The number of thioether (sulfide) groups is 1. The van der Waals surface area contributed by atoms with Crippen LogP contribution in [0.3, 0.4) is 0 Å². The minimum atomic E-state index is -1.11. The highest BCUT2D eigenvalue weighted by Crippen LogP contribution is 2.19. The van der Waals surface area contributed by atoms with E-state index in [0.29, 0.717) is 12.0 Å². The maximum Gasteiger partial charge on any atom is 0.335 e. The molecule has 4 rings (SSSR count). The Labute approximate surface area is 234 Å². The van der Waals surface area contributed by atoms with E-state index in [2.05, 4.69) is 42.8 Å². The van der Waals surface area contributed by atoms with Crippen molar-refractivity contribution in [3.05, 3.63) is 101 Å². The minimum Gasteiger partial charge on any atom is -0.478 e. The number of Topliss-reactive ketones (excluding diaryl/α,β-unsaturated/α-hetero) is 1. The number of ketones is 1. The first-order valence-corrected chi connectivity index (χ1v) is 13.9. The van der Waals surface area contributed by atoms with Crippen molar-refractivity contribution in [3.63, 3.8) is 0 Å². The number of carboxylic acid groups (broad SMARTS) is 2. The molecule has 2 atom stereocenters. The summed E-state index contributed by atoms with van der Waals surface area (Å²) in [6, 6.07) is 22.3. The summed E-state index contributed by atoms with van der Waals surface area (Å²) in [5.41, 5.74) is 2.52. The molecule has 3 aromatic rings. The fourth-order valence-electron chi connectivity index (χ4n) is 3.99. The molecule has 0 amide bonds. The maximum atomic E-state index is 10.6. The molecule has 1 heterocycles. The van der Waals surface area contributed by atoms with E-state index in [0.717, 1.165) is 31.7 Å². The second kappa shape index (κ2) is 16.5. The van der Waals surface area contributed by atoms with Crippen molar-refractivity contribution >= 4 is 29.5 Å². The third-order valence-electron chi connectivity index (χ3n) is 6.28. The van der Waals surface area contributed by atoms with Crippen molar-refractivity contribution in [2.45, 2.75) is 38.2 Å². The number of morpholine rings is 1. The molecular formula is C31H37NO6S. The van der Waals surface area contributed by atoms with Crippen LogP contribution >= 0.6 is 11.8 Å². The van der Waals surface area contributed by atoms with Crippen LogP contribution in [0.4, 0.5) is 0 Å². The Kier molecular flexibility index (Phi) is 13.4. The number of carboxylic acids is 2. The smallest absolute Gasteiger partial charge is 0.335 e. The van der Waals surface area contributed by atoms with Gasteiger partial charge in [-0.05, 0) is 67.8 Å². The van der Waals surface area contributed by atoms with Crippen molar-refractivity contribution < 1.29 is 29.3 Å². The Morgan fingerprint density at radius 2 is 1.54 bits per heavy atom. The number of nitrogens with one attached hydrogen (secondary N) is 1. The van der Waals surface area contributed by atoms with Gasteiger partial charge in [0.1, 0.15) is 0 Å². The first-order chi connectivity index (χ1) is 18.6. The van der Waals surface area contributed by atoms with Crippen LogP contribution in [0.5, 0.6) is 0 Å². The molecule has 1 aliphatic heterocycles. The van der Waals surface area contributed by atoms with Gasteiger partial charge in [0.05, 0.1) is 23.8 Å². The van der Waals surface area contributed by atoms with Gasteiger partial charge in [0.15, 0.2) is 5.78 Å². The van der Waals surface area contributed by atoms with Crippen molar-refractivity contribution in [2.24, 2.45) is 5.92 Å². The Morgan fingerprint density at radius 1 is 0.949 bits per heavy atom. The van der Waals surface area contributed by atoms with E-state index in [9.17, 15) is 14.4 Å². The molecular weight excluding hydrogens is 514 g/mol. The van der Waals surface area contributed by atoms with Crippen LogP contribution in [0.2, 0.25) is 0 Å². The maximum absolute atomic E-state index is 10.6. The highest BCUT2D eigenvalue weighted by atomic mass is 32.2. The molecule has 208 valence electrons. The SMILES string of the molecule is CC(=O)c1ccccc1.CSc1ccc(CC(C)C2CNCCO2)cc1.Cc1c(C(=O)O)cccc1C(=O)O. The number of carbonyl (C=O) groups excluding carboxylic acids is 1. The number of hydrogen-bond acceptors (Lipinski definition) is 6. The normalized spacial score (nSPS) is 15.0. The number of aromatic carboxylic acids is 2. The zero-order valence-corrected chi connectivity index (χ0v) is 23.7. The second-order valence-corrected chi connectivity index (χ2v) is 10.0. The summed E-state index contributed by atoms with van der Waals surface area (Å²) in [6.45, 7) is 8.15. The fourth-order valence-corrected chi connectivity index (χ4v) is 4.40. The van der Waals surface area contributed by atoms with Gasteiger partial charge in [-0.3, -0.25) is 4.79 Å². The predicted molar refractivity (Wildman–Crippen MR) is 155 cm³/mol. The van der Waals surface area contributed by atoms with Gasteiger partial charge in [-0.15, -0.1) is 11.8 Å². The van der Waals surface area contributed by atoms with Crippen molar-refractivity contribution in [1.82, 2.24) is 5.32 Å². The molecule has 0 aliphatic carbocycles. The van der Waals surface area contributed by atoms with Crippen molar-refractivity contribution in [1.29, 1.82) is 0 Å². The largest absolute Gasteiger partial charge is 0.478 e. The summed E-state index contributed by atoms with van der Waals surface area (Å²) in [5, 5.41) is 20.7. The highest BCUT2D eigenvalue weighted by molar-refractivity contribution is 7.98. The van der Waals surface area contributed by atoms with E-state index in [1.54, 1.807) is 18.7 Å². The molecule has 39 heavy (non-hydrogen) atoms. The van der Waals surface area contributed by atoms with Gasteiger partial charge in [0.25, 0.3) is 0 Å². The van der Waals surface area contributed by atoms with Crippen LogP contribution in [0.25, 0.3) is 0 Å². The van der Waals surface area contributed by atoms with Gasteiger partial charge in [-0.1, -0.05) is 55.5 Å². The number of carbonyl (C=O) groups is 3. The fraction of sp³-hybridized carbons (Fsp3) is 0.323. The summed E-state index contributed by atoms with van der Waals surface area (Å²) >= 11 is 1.79. The standard InChI is InChI=1S/C14H21NOS.C9H8O4.C8H8O/c1-11(14-10-15-7-8-16-14)9-12-3-5-13(17-2)6-4-12;1-5-6(8(10)11)3-2-4-7(5)9(12)13;1-7(9)8-5-3-2-4-6-8/h3-6,11,14-15H,7-10H2,1-2H3;2-4H,1H3,(H,10,11)(H,12,13);2-6H,1H3. The van der Waals surface area contributed by atoms with Crippen LogP contribution in [0, 0.1) is 12.8 Å². The molecule has 3 N–H and O–H groups in total. The monoisotopic (exact) mass is 551 g/mol. The number of rotatable bonds is 7. The molecule has 2 unspecified atom stereocenters. The third-order valence-corrected chi connectivity index (χ3v) is 7.03. The number of hydrogen-bond donors (Lipinski definition) is 3. The molecule has 0 spiro atoms. The van der Waals surface area contributed by atoms with Crippen LogP contribution in [0.15, 0.2) is 77.7 Å². The Hall–Kier alpha value is -3.46. The first-order valence-electron chi connectivity index (χ1n) is 12.7. The van der Waals surface area contributed by atoms with Crippen LogP contribution in [-0.2, 0) is 11.2 Å². The van der Waals surface area contributed by atoms with E-state index in [4.69, 9.17) is 14.9 Å². The summed E-state index contributed by atoms with van der Waals surface area (Å²) in [6.07, 6.45) is 3.57. The lowest BCUT2D eigenvalue weighted by Gasteiger charge is -2.28. The summed E-state index contributed by atoms with van der Waals surface area (Å²) < 4.78 is 5.79. The van der Waals surface area contributed by atoms with Gasteiger partial charge < -0.3 is 20.3 Å². The Bertz CT molecular complexity index is 1180.